The number of piperidine rings is 1. The van der Waals surface area contributed by atoms with Crippen LogP contribution in [0.5, 0.6) is 0 Å². The monoisotopic (exact) mass is 296 g/mol. The Balaban J connectivity index is 1.89. The van der Waals surface area contributed by atoms with Gasteiger partial charge < -0.3 is 5.32 Å². The molecule has 1 fully saturated rings. The van der Waals surface area contributed by atoms with Crippen LogP contribution in [-0.4, -0.2) is 38.1 Å². The lowest BCUT2D eigenvalue weighted by Crippen LogP contribution is -2.45. The van der Waals surface area contributed by atoms with Crippen LogP contribution in [0.2, 0.25) is 0 Å². The Morgan fingerprint density at radius 3 is 2.50 bits per heavy atom. The zero-order valence-corrected chi connectivity index (χ0v) is 13.3. The molecule has 1 atom stereocenters. The van der Waals surface area contributed by atoms with Gasteiger partial charge in [-0.25, -0.2) is 12.7 Å². The van der Waals surface area contributed by atoms with E-state index in [1.54, 1.807) is 4.31 Å². The quantitative estimate of drug-likeness (QED) is 0.925. The van der Waals surface area contributed by atoms with E-state index in [1.807, 2.05) is 0 Å². The van der Waals surface area contributed by atoms with Gasteiger partial charge in [-0.15, -0.1) is 0 Å². The molecular formula is C15H24N2O2S. The van der Waals surface area contributed by atoms with Crippen molar-refractivity contribution >= 4 is 10.0 Å². The first kappa shape index (κ1) is 15.5. The maximum absolute atomic E-state index is 11.5. The fourth-order valence-corrected chi connectivity index (χ4v) is 3.62. The molecule has 0 spiro atoms. The van der Waals surface area contributed by atoms with Crippen molar-refractivity contribution in [3.63, 3.8) is 0 Å². The van der Waals surface area contributed by atoms with Crippen LogP contribution in [-0.2, 0) is 10.0 Å². The first-order chi connectivity index (χ1) is 9.36. The highest BCUT2D eigenvalue weighted by atomic mass is 32.2. The van der Waals surface area contributed by atoms with Crippen molar-refractivity contribution in [1.29, 1.82) is 0 Å². The molecule has 0 radical (unpaired) electrons. The molecule has 1 heterocycles. The first-order valence-electron chi connectivity index (χ1n) is 7.14. The Hall–Kier alpha value is -0.910. The molecule has 2 rings (SSSR count). The molecule has 1 N–H and O–H groups in total. The van der Waals surface area contributed by atoms with Crippen molar-refractivity contribution in [2.75, 3.05) is 19.3 Å². The summed E-state index contributed by atoms with van der Waals surface area (Å²) in [6.07, 6.45) is 3.04. The molecule has 0 bridgehead atoms. The number of hydrogen-bond donors (Lipinski definition) is 1. The Kier molecular flexibility index (Phi) is 4.83. The van der Waals surface area contributed by atoms with Gasteiger partial charge in [0.25, 0.3) is 0 Å². The number of nitrogens with zero attached hydrogens (tertiary/aromatic N) is 1. The van der Waals surface area contributed by atoms with E-state index in [0.29, 0.717) is 25.2 Å². The van der Waals surface area contributed by atoms with Gasteiger partial charge in [-0.2, -0.15) is 0 Å². The molecule has 0 amide bonds. The Bertz CT molecular complexity index is 549. The fourth-order valence-electron chi connectivity index (χ4n) is 2.74. The van der Waals surface area contributed by atoms with Crippen molar-refractivity contribution in [3.05, 3.63) is 35.4 Å². The zero-order valence-electron chi connectivity index (χ0n) is 12.5. The van der Waals surface area contributed by atoms with Crippen LogP contribution in [0.4, 0.5) is 0 Å². The average molecular weight is 296 g/mol. The molecule has 0 aromatic heterocycles. The molecule has 1 aliphatic rings. The number of benzene rings is 1. The van der Waals surface area contributed by atoms with Gasteiger partial charge in [0.05, 0.1) is 6.26 Å². The SMILES string of the molecule is Cc1cccc(C(C)NC2CCN(S(C)(=O)=O)CC2)c1. The fraction of sp³-hybridized carbons (Fsp3) is 0.600. The topological polar surface area (TPSA) is 49.4 Å². The van der Waals surface area contributed by atoms with Gasteiger partial charge >= 0.3 is 0 Å². The summed E-state index contributed by atoms with van der Waals surface area (Å²) in [7, 11) is -3.03. The van der Waals surface area contributed by atoms with E-state index >= 15 is 0 Å². The summed E-state index contributed by atoms with van der Waals surface area (Å²) in [5, 5.41) is 3.61. The third-order valence-corrected chi connectivity index (χ3v) is 5.25. The van der Waals surface area contributed by atoms with Crippen LogP contribution < -0.4 is 5.32 Å². The highest BCUT2D eigenvalue weighted by Gasteiger charge is 2.25. The summed E-state index contributed by atoms with van der Waals surface area (Å²) in [5.41, 5.74) is 2.55. The number of nitrogens with one attached hydrogen (secondary N) is 1. The lowest BCUT2D eigenvalue weighted by molar-refractivity contribution is 0.278. The smallest absolute Gasteiger partial charge is 0.211 e. The van der Waals surface area contributed by atoms with Crippen LogP contribution in [0.1, 0.15) is 36.9 Å². The van der Waals surface area contributed by atoms with Crippen LogP contribution in [0.15, 0.2) is 24.3 Å². The second-order valence-corrected chi connectivity index (χ2v) is 7.72. The maximum atomic E-state index is 11.5. The zero-order chi connectivity index (χ0) is 14.8. The van der Waals surface area contributed by atoms with Gasteiger partial charge in [-0.05, 0) is 32.3 Å². The summed E-state index contributed by atoms with van der Waals surface area (Å²) in [6.45, 7) is 5.51. The molecular weight excluding hydrogens is 272 g/mol. The summed E-state index contributed by atoms with van der Waals surface area (Å²) < 4.78 is 24.5. The molecule has 1 saturated heterocycles. The van der Waals surface area contributed by atoms with Gasteiger partial charge in [0.15, 0.2) is 0 Å². The molecule has 0 saturated carbocycles. The number of aryl methyl sites for hydroxylation is 1. The standard InChI is InChI=1S/C15H24N2O2S/c1-12-5-4-6-14(11-12)13(2)16-15-7-9-17(10-8-15)20(3,18)19/h4-6,11,13,15-16H,7-10H2,1-3H3. The lowest BCUT2D eigenvalue weighted by atomic mass is 10.0. The molecule has 4 nitrogen and oxygen atoms in total. The minimum absolute atomic E-state index is 0.296. The average Bonchev–Trinajstić information content (AvgIpc) is 2.38. The lowest BCUT2D eigenvalue weighted by Gasteiger charge is -2.32. The van der Waals surface area contributed by atoms with E-state index in [2.05, 4.69) is 43.4 Å². The van der Waals surface area contributed by atoms with Crippen molar-refractivity contribution in [3.8, 4) is 0 Å². The number of sulfonamides is 1. The minimum Gasteiger partial charge on any atom is -0.307 e. The minimum atomic E-state index is -3.03. The molecule has 1 unspecified atom stereocenters. The highest BCUT2D eigenvalue weighted by Crippen LogP contribution is 2.19. The molecule has 112 valence electrons. The van der Waals surface area contributed by atoms with Crippen molar-refractivity contribution in [2.45, 2.75) is 38.8 Å². The third kappa shape index (κ3) is 4.04. The van der Waals surface area contributed by atoms with Crippen molar-refractivity contribution in [1.82, 2.24) is 9.62 Å². The van der Waals surface area contributed by atoms with E-state index < -0.39 is 10.0 Å². The van der Waals surface area contributed by atoms with E-state index in [0.717, 1.165) is 12.8 Å². The number of rotatable bonds is 4. The van der Waals surface area contributed by atoms with Gasteiger partial charge in [-0.3, -0.25) is 0 Å². The van der Waals surface area contributed by atoms with Crippen LogP contribution in [0.3, 0.4) is 0 Å². The molecule has 1 aromatic carbocycles. The molecule has 1 aromatic rings. The maximum Gasteiger partial charge on any atom is 0.211 e. The second-order valence-electron chi connectivity index (χ2n) is 5.74. The predicted molar refractivity (Wildman–Crippen MR) is 82.2 cm³/mol. The Labute approximate surface area is 122 Å². The summed E-state index contributed by atoms with van der Waals surface area (Å²) in [4.78, 5) is 0. The van der Waals surface area contributed by atoms with Crippen LogP contribution in [0, 0.1) is 6.92 Å². The number of hydrogen-bond acceptors (Lipinski definition) is 3. The first-order valence-corrected chi connectivity index (χ1v) is 8.99. The Morgan fingerprint density at radius 2 is 1.95 bits per heavy atom. The molecule has 20 heavy (non-hydrogen) atoms. The van der Waals surface area contributed by atoms with Gasteiger partial charge in [0.1, 0.15) is 0 Å². The normalized spacial score (nSPS) is 19.9. The highest BCUT2D eigenvalue weighted by molar-refractivity contribution is 7.88. The van der Waals surface area contributed by atoms with Crippen LogP contribution in [0.25, 0.3) is 0 Å². The van der Waals surface area contributed by atoms with Gasteiger partial charge in [-0.1, -0.05) is 29.8 Å². The van der Waals surface area contributed by atoms with E-state index in [1.165, 1.54) is 17.4 Å². The largest absolute Gasteiger partial charge is 0.307 e. The van der Waals surface area contributed by atoms with Crippen LogP contribution >= 0.6 is 0 Å². The Morgan fingerprint density at radius 1 is 1.30 bits per heavy atom. The molecule has 5 heteroatoms. The third-order valence-electron chi connectivity index (χ3n) is 3.95. The second kappa shape index (κ2) is 6.24. The van der Waals surface area contributed by atoms with Gasteiger partial charge in [0.2, 0.25) is 10.0 Å². The summed E-state index contributed by atoms with van der Waals surface area (Å²) >= 11 is 0. The van der Waals surface area contributed by atoms with Crippen molar-refractivity contribution in [2.24, 2.45) is 0 Å². The van der Waals surface area contributed by atoms with E-state index in [4.69, 9.17) is 0 Å². The van der Waals surface area contributed by atoms with E-state index in [-0.39, 0.29) is 0 Å². The molecule has 0 aliphatic carbocycles. The molecule has 1 aliphatic heterocycles. The predicted octanol–water partition coefficient (Wildman–Crippen LogP) is 2.07. The van der Waals surface area contributed by atoms with E-state index in [9.17, 15) is 8.42 Å². The summed E-state index contributed by atoms with van der Waals surface area (Å²) in [5.74, 6) is 0. The van der Waals surface area contributed by atoms with Crippen molar-refractivity contribution < 1.29 is 8.42 Å². The van der Waals surface area contributed by atoms with Gasteiger partial charge in [0, 0.05) is 25.2 Å². The summed E-state index contributed by atoms with van der Waals surface area (Å²) in [6, 6.07) is 9.20.